The molecule has 1 heterocycles. The van der Waals surface area contributed by atoms with E-state index in [1.165, 1.54) is 32.1 Å². The smallest absolute Gasteiger partial charge is 0.256 e. The summed E-state index contributed by atoms with van der Waals surface area (Å²) in [6, 6.07) is 11.1. The van der Waals surface area contributed by atoms with Crippen LogP contribution in [-0.2, 0) is 0 Å². The van der Waals surface area contributed by atoms with Gasteiger partial charge in [-0.15, -0.1) is 0 Å². The number of rotatable bonds is 4. The molecule has 120 valence electrons. The molecule has 3 rings (SSSR count). The molecule has 1 aromatic heterocycles. The van der Waals surface area contributed by atoms with Crippen LogP contribution in [0.3, 0.4) is 0 Å². The molecule has 1 saturated carbocycles. The second kappa shape index (κ2) is 7.47. The van der Waals surface area contributed by atoms with E-state index in [1.807, 2.05) is 12.1 Å². The molecule has 1 aromatic carbocycles. The van der Waals surface area contributed by atoms with E-state index in [9.17, 15) is 4.79 Å². The van der Waals surface area contributed by atoms with E-state index in [-0.39, 0.29) is 5.91 Å². The van der Waals surface area contributed by atoms with Gasteiger partial charge >= 0.3 is 0 Å². The van der Waals surface area contributed by atoms with Gasteiger partial charge in [0, 0.05) is 16.6 Å². The van der Waals surface area contributed by atoms with Crippen molar-refractivity contribution in [3.63, 3.8) is 0 Å². The summed E-state index contributed by atoms with van der Waals surface area (Å²) in [5, 5.41) is 6.91. The summed E-state index contributed by atoms with van der Waals surface area (Å²) in [6.07, 6.45) is 8.13. The molecule has 5 heteroatoms. The van der Waals surface area contributed by atoms with Crippen LogP contribution in [-0.4, -0.2) is 16.9 Å². The third-order valence-electron chi connectivity index (χ3n) is 4.09. The molecule has 0 spiro atoms. The number of hydrogen-bond acceptors (Lipinski definition) is 3. The Morgan fingerprint density at radius 1 is 1.04 bits per heavy atom. The summed E-state index contributed by atoms with van der Waals surface area (Å²) >= 11 is 5.82. The number of carbonyl (C=O) groups excluding carboxylic acids is 1. The Morgan fingerprint density at radius 2 is 1.78 bits per heavy atom. The lowest BCUT2D eigenvalue weighted by molar-refractivity contribution is 0.102. The minimum absolute atomic E-state index is 0.192. The minimum atomic E-state index is -0.192. The quantitative estimate of drug-likeness (QED) is 0.852. The summed E-state index contributed by atoms with van der Waals surface area (Å²) in [7, 11) is 0. The topological polar surface area (TPSA) is 54.0 Å². The number of nitrogens with zero attached hydrogens (tertiary/aromatic N) is 1. The summed E-state index contributed by atoms with van der Waals surface area (Å²) in [4.78, 5) is 16.4. The predicted octanol–water partition coefficient (Wildman–Crippen LogP) is 4.73. The van der Waals surface area contributed by atoms with Crippen molar-refractivity contribution in [1.29, 1.82) is 0 Å². The standard InChI is InChI=1S/C18H20ClN3O/c19-14-8-6-13(7-9-14)18(23)22-17-11-10-16(12-20-17)21-15-4-2-1-3-5-15/h6-12,15,21H,1-5H2,(H,20,22,23). The van der Waals surface area contributed by atoms with Crippen LogP contribution in [0.4, 0.5) is 11.5 Å². The van der Waals surface area contributed by atoms with E-state index in [0.29, 0.717) is 22.4 Å². The first kappa shape index (κ1) is 15.8. The van der Waals surface area contributed by atoms with Crippen LogP contribution < -0.4 is 10.6 Å². The number of pyridine rings is 1. The zero-order valence-corrected chi connectivity index (χ0v) is 13.6. The van der Waals surface area contributed by atoms with Crippen LogP contribution in [0, 0.1) is 0 Å². The van der Waals surface area contributed by atoms with Crippen molar-refractivity contribution < 1.29 is 4.79 Å². The summed E-state index contributed by atoms with van der Waals surface area (Å²) in [5.74, 6) is 0.348. The Bertz CT molecular complexity index is 649. The maximum atomic E-state index is 12.1. The van der Waals surface area contributed by atoms with E-state index < -0.39 is 0 Å². The Morgan fingerprint density at radius 3 is 2.43 bits per heavy atom. The van der Waals surface area contributed by atoms with Crippen molar-refractivity contribution in [1.82, 2.24) is 4.98 Å². The van der Waals surface area contributed by atoms with Crippen LogP contribution in [0.15, 0.2) is 42.6 Å². The van der Waals surface area contributed by atoms with Crippen LogP contribution >= 0.6 is 11.6 Å². The molecule has 1 amide bonds. The zero-order chi connectivity index (χ0) is 16.1. The number of hydrogen-bond donors (Lipinski definition) is 2. The third-order valence-corrected chi connectivity index (χ3v) is 4.34. The van der Waals surface area contributed by atoms with Crippen LogP contribution in [0.5, 0.6) is 0 Å². The molecule has 1 aliphatic rings. The maximum Gasteiger partial charge on any atom is 0.256 e. The minimum Gasteiger partial charge on any atom is -0.381 e. The fourth-order valence-electron chi connectivity index (χ4n) is 2.83. The monoisotopic (exact) mass is 329 g/mol. The van der Waals surface area contributed by atoms with E-state index in [4.69, 9.17) is 11.6 Å². The molecule has 0 unspecified atom stereocenters. The Kier molecular flexibility index (Phi) is 5.13. The predicted molar refractivity (Wildman–Crippen MR) is 94.1 cm³/mol. The number of benzene rings is 1. The second-order valence-electron chi connectivity index (χ2n) is 5.87. The van der Waals surface area contributed by atoms with Crippen molar-refractivity contribution >= 4 is 29.0 Å². The van der Waals surface area contributed by atoms with Crippen molar-refractivity contribution in [2.45, 2.75) is 38.1 Å². The van der Waals surface area contributed by atoms with E-state index in [2.05, 4.69) is 15.6 Å². The SMILES string of the molecule is O=C(Nc1ccc(NC2CCCCC2)cn1)c1ccc(Cl)cc1. The van der Waals surface area contributed by atoms with Crippen molar-refractivity contribution in [2.75, 3.05) is 10.6 Å². The van der Waals surface area contributed by atoms with Gasteiger partial charge in [0.15, 0.2) is 0 Å². The van der Waals surface area contributed by atoms with Gasteiger partial charge in [-0.25, -0.2) is 4.98 Å². The zero-order valence-electron chi connectivity index (χ0n) is 12.9. The summed E-state index contributed by atoms with van der Waals surface area (Å²) in [5.41, 5.74) is 1.56. The molecular weight excluding hydrogens is 310 g/mol. The summed E-state index contributed by atoms with van der Waals surface area (Å²) in [6.45, 7) is 0. The number of amides is 1. The van der Waals surface area contributed by atoms with Crippen LogP contribution in [0.25, 0.3) is 0 Å². The molecule has 0 saturated heterocycles. The molecule has 1 fully saturated rings. The highest BCUT2D eigenvalue weighted by Crippen LogP contribution is 2.21. The molecule has 2 aromatic rings. The fourth-order valence-corrected chi connectivity index (χ4v) is 2.95. The molecular formula is C18H20ClN3O. The van der Waals surface area contributed by atoms with E-state index in [1.54, 1.807) is 30.5 Å². The fraction of sp³-hybridized carbons (Fsp3) is 0.333. The van der Waals surface area contributed by atoms with Gasteiger partial charge in [-0.05, 0) is 49.2 Å². The van der Waals surface area contributed by atoms with Gasteiger partial charge in [0.25, 0.3) is 5.91 Å². The lowest BCUT2D eigenvalue weighted by Gasteiger charge is -2.23. The first-order valence-corrected chi connectivity index (χ1v) is 8.38. The molecule has 2 N–H and O–H groups in total. The normalized spacial score (nSPS) is 15.2. The highest BCUT2D eigenvalue weighted by molar-refractivity contribution is 6.30. The first-order chi connectivity index (χ1) is 11.2. The third kappa shape index (κ3) is 4.45. The molecule has 0 atom stereocenters. The van der Waals surface area contributed by atoms with Crippen molar-refractivity contribution in [3.8, 4) is 0 Å². The first-order valence-electron chi connectivity index (χ1n) is 8.00. The molecule has 0 bridgehead atoms. The van der Waals surface area contributed by atoms with Gasteiger partial charge < -0.3 is 10.6 Å². The Labute approximate surface area is 141 Å². The number of nitrogens with one attached hydrogen (secondary N) is 2. The second-order valence-corrected chi connectivity index (χ2v) is 6.31. The average Bonchev–Trinajstić information content (AvgIpc) is 2.58. The van der Waals surface area contributed by atoms with Crippen molar-refractivity contribution in [3.05, 3.63) is 53.2 Å². The lowest BCUT2D eigenvalue weighted by Crippen LogP contribution is -2.22. The number of carbonyl (C=O) groups is 1. The molecule has 23 heavy (non-hydrogen) atoms. The van der Waals surface area contributed by atoms with Gasteiger partial charge in [0.05, 0.1) is 11.9 Å². The number of halogens is 1. The van der Waals surface area contributed by atoms with Crippen LogP contribution in [0.2, 0.25) is 5.02 Å². The summed E-state index contributed by atoms with van der Waals surface area (Å²) < 4.78 is 0. The van der Waals surface area contributed by atoms with Gasteiger partial charge in [-0.2, -0.15) is 0 Å². The number of aromatic nitrogens is 1. The van der Waals surface area contributed by atoms with Gasteiger partial charge in [-0.1, -0.05) is 30.9 Å². The molecule has 0 aliphatic heterocycles. The lowest BCUT2D eigenvalue weighted by atomic mass is 9.95. The average molecular weight is 330 g/mol. The van der Waals surface area contributed by atoms with Gasteiger partial charge in [-0.3, -0.25) is 4.79 Å². The van der Waals surface area contributed by atoms with Crippen LogP contribution in [0.1, 0.15) is 42.5 Å². The largest absolute Gasteiger partial charge is 0.381 e. The number of anilines is 2. The van der Waals surface area contributed by atoms with E-state index >= 15 is 0 Å². The highest BCUT2D eigenvalue weighted by Gasteiger charge is 2.13. The van der Waals surface area contributed by atoms with Gasteiger partial charge in [0.1, 0.15) is 5.82 Å². The Hall–Kier alpha value is -2.07. The van der Waals surface area contributed by atoms with Crippen molar-refractivity contribution in [2.24, 2.45) is 0 Å². The molecule has 4 nitrogen and oxygen atoms in total. The molecule has 1 aliphatic carbocycles. The maximum absolute atomic E-state index is 12.1. The molecule has 0 radical (unpaired) electrons. The highest BCUT2D eigenvalue weighted by atomic mass is 35.5. The van der Waals surface area contributed by atoms with E-state index in [0.717, 1.165) is 5.69 Å². The van der Waals surface area contributed by atoms with Gasteiger partial charge in [0.2, 0.25) is 0 Å². The Balaban J connectivity index is 1.58.